The molecular formula is C68H138. The highest BCUT2D eigenvalue weighted by atomic mass is 14.8. The van der Waals surface area contributed by atoms with Gasteiger partial charge in [-0.2, -0.15) is 0 Å². The Labute approximate surface area is 435 Å². The van der Waals surface area contributed by atoms with Crippen LogP contribution in [0.2, 0.25) is 0 Å². The average molecular weight is 956 g/mol. The van der Waals surface area contributed by atoms with Crippen LogP contribution in [0.3, 0.4) is 0 Å². The van der Waals surface area contributed by atoms with Gasteiger partial charge >= 0.3 is 0 Å². The lowest BCUT2D eigenvalue weighted by molar-refractivity contribution is -0.269. The van der Waals surface area contributed by atoms with Gasteiger partial charge in [-0.15, -0.1) is 0 Å². The van der Waals surface area contributed by atoms with Gasteiger partial charge in [-0.25, -0.2) is 0 Å². The zero-order chi connectivity index (χ0) is 57.0. The van der Waals surface area contributed by atoms with Crippen molar-refractivity contribution in [3.8, 4) is 0 Å². The molecule has 0 nitrogen and oxygen atoms in total. The molecule has 0 heterocycles. The number of hydrogen-bond acceptors (Lipinski definition) is 0. The Morgan fingerprint density at radius 3 is 0.162 bits per heavy atom. The van der Waals surface area contributed by atoms with Gasteiger partial charge in [-0.3, -0.25) is 0 Å². The molecule has 0 radical (unpaired) electrons. The molecule has 0 fully saturated rings. The molecule has 68 heavy (non-hydrogen) atoms. The maximum absolute atomic E-state index is 2.66. The van der Waals surface area contributed by atoms with Crippen molar-refractivity contribution in [3.05, 3.63) is 0 Å². The van der Waals surface area contributed by atoms with Gasteiger partial charge in [0.15, 0.2) is 0 Å². The maximum atomic E-state index is 2.66. The Morgan fingerprint density at radius 1 is 0.0735 bits per heavy atom. The van der Waals surface area contributed by atoms with E-state index in [4.69, 9.17) is 0 Å². The van der Waals surface area contributed by atoms with Crippen molar-refractivity contribution in [2.24, 2.45) is 119 Å². The molecule has 0 aliphatic carbocycles. The van der Waals surface area contributed by atoms with Gasteiger partial charge in [-0.1, -0.05) is 318 Å². The first-order valence-corrected chi connectivity index (χ1v) is 28.2. The minimum absolute atomic E-state index is 0.00346. The van der Waals surface area contributed by atoms with Crippen molar-refractivity contribution in [3.63, 3.8) is 0 Å². The quantitative estimate of drug-likeness (QED) is 0.121. The first-order chi connectivity index (χ1) is 28.2. The number of hydrogen-bond donors (Lipinski definition) is 0. The predicted molar refractivity (Wildman–Crippen MR) is 315 cm³/mol. The fourth-order valence-electron chi connectivity index (χ4n) is 15.9. The van der Waals surface area contributed by atoms with Crippen LogP contribution < -0.4 is 0 Å². The van der Waals surface area contributed by atoms with Gasteiger partial charge in [0.1, 0.15) is 0 Å². The second-order valence-electron chi connectivity index (χ2n) is 37.0. The van der Waals surface area contributed by atoms with Crippen LogP contribution >= 0.6 is 0 Å². The predicted octanol–water partition coefficient (Wildman–Crippen LogP) is 23.6. The van der Waals surface area contributed by atoms with Crippen LogP contribution in [0.25, 0.3) is 0 Å². The smallest absolute Gasteiger partial charge is 0.0241 e. The molecule has 0 saturated carbocycles. The minimum atomic E-state index is -0.0885. The third-order valence-corrected chi connectivity index (χ3v) is 33.4. The van der Waals surface area contributed by atoms with Crippen LogP contribution in [0.1, 0.15) is 318 Å². The van der Waals surface area contributed by atoms with Crippen LogP contribution in [0.4, 0.5) is 0 Å². The molecule has 0 unspecified atom stereocenters. The topological polar surface area (TPSA) is 0 Å². The van der Waals surface area contributed by atoms with Crippen molar-refractivity contribution in [2.45, 2.75) is 318 Å². The van der Waals surface area contributed by atoms with Crippen LogP contribution in [-0.2, 0) is 0 Å². The van der Waals surface area contributed by atoms with Gasteiger partial charge in [0.2, 0.25) is 0 Å². The highest BCUT2D eigenvalue weighted by molar-refractivity contribution is 5.21. The van der Waals surface area contributed by atoms with Crippen molar-refractivity contribution in [1.29, 1.82) is 0 Å². The molecule has 0 rings (SSSR count). The molecule has 0 atom stereocenters. The summed E-state index contributed by atoms with van der Waals surface area (Å²) < 4.78 is 0. The Bertz CT molecular complexity index is 1630. The molecule has 0 amide bonds. The van der Waals surface area contributed by atoms with E-state index in [1.165, 1.54) is 0 Å². The number of rotatable bonds is 19. The van der Waals surface area contributed by atoms with Crippen LogP contribution in [0, 0.1) is 119 Å². The molecule has 0 N–H and O–H groups in total. The van der Waals surface area contributed by atoms with Gasteiger partial charge < -0.3 is 0 Å². The Kier molecular flexibility index (Phi) is 16.8. The molecule has 0 spiro atoms. The highest BCUT2D eigenvalue weighted by Gasteiger charge is 2.73. The lowest BCUT2D eigenvalue weighted by Gasteiger charge is -2.75. The van der Waals surface area contributed by atoms with Crippen molar-refractivity contribution in [1.82, 2.24) is 0 Å². The molecule has 0 aromatic heterocycles. The summed E-state index contributed by atoms with van der Waals surface area (Å²) in [6.07, 6.45) is 0. The van der Waals surface area contributed by atoms with E-state index in [9.17, 15) is 0 Å². The van der Waals surface area contributed by atoms with E-state index in [-0.39, 0.29) is 119 Å². The summed E-state index contributed by atoms with van der Waals surface area (Å²) in [5.41, 5.74) is -0.323. The summed E-state index contributed by atoms with van der Waals surface area (Å²) in [7, 11) is 0. The van der Waals surface area contributed by atoms with Crippen LogP contribution in [0.15, 0.2) is 0 Å². The summed E-state index contributed by atoms with van der Waals surface area (Å²) in [4.78, 5) is 0. The summed E-state index contributed by atoms with van der Waals surface area (Å²) in [6, 6.07) is 0. The Hall–Kier alpha value is 0. The van der Waals surface area contributed by atoms with Crippen LogP contribution in [-0.4, -0.2) is 0 Å². The van der Waals surface area contributed by atoms with Gasteiger partial charge in [-0.05, 0) is 119 Å². The Morgan fingerprint density at radius 2 is 0.118 bits per heavy atom. The molecular weight excluding hydrogens is 817 g/mol. The monoisotopic (exact) mass is 955 g/mol. The summed E-state index contributed by atoms with van der Waals surface area (Å²) in [5.74, 6) is 0. The first kappa shape index (κ1) is 68.0. The van der Waals surface area contributed by atoms with E-state index < -0.39 is 0 Å². The third kappa shape index (κ3) is 7.81. The SMILES string of the molecule is CC(C)(C)C(C)(C)C(C)(C)C(C)(C)C(C)(C)C(C)(C)C(C)(C)C(C)(C)C(C)(C)C(C)(C)C(C)(C)C(C)(C)C(C)(C)C(C)(C)C(C)(C)C(C)(C)C(C)(C)C(C)(C)C(C)(C)C(C)(C)C(C)(C)C(C)(C)C. The fourth-order valence-corrected chi connectivity index (χ4v) is 15.9. The van der Waals surface area contributed by atoms with E-state index in [0.29, 0.717) is 0 Å². The molecule has 0 bridgehead atoms. The second-order valence-corrected chi connectivity index (χ2v) is 37.0. The van der Waals surface area contributed by atoms with Gasteiger partial charge in [0.05, 0.1) is 0 Å². The molecule has 410 valence electrons. The third-order valence-electron chi connectivity index (χ3n) is 33.4. The second kappa shape index (κ2) is 16.8. The van der Waals surface area contributed by atoms with Crippen molar-refractivity contribution < 1.29 is 0 Å². The minimum Gasteiger partial charge on any atom is -0.0596 e. The van der Waals surface area contributed by atoms with E-state index in [2.05, 4.69) is 318 Å². The normalized spacial score (nSPS) is 17.6. The zero-order valence-corrected chi connectivity index (χ0v) is 57.0. The molecule has 0 aromatic carbocycles. The summed E-state index contributed by atoms with van der Waals surface area (Å²) in [6.45, 7) is 120. The molecule has 0 aromatic rings. The molecule has 0 aliphatic heterocycles. The molecule has 0 saturated heterocycles. The van der Waals surface area contributed by atoms with E-state index in [0.717, 1.165) is 0 Å². The lowest BCUT2D eigenvalue weighted by atomic mass is 9.29. The maximum Gasteiger partial charge on any atom is -0.0241 e. The van der Waals surface area contributed by atoms with E-state index in [1.807, 2.05) is 0 Å². The van der Waals surface area contributed by atoms with E-state index in [1.54, 1.807) is 0 Å². The van der Waals surface area contributed by atoms with Crippen molar-refractivity contribution >= 4 is 0 Å². The highest BCUT2D eigenvalue weighted by Crippen LogP contribution is 2.80. The lowest BCUT2D eigenvalue weighted by Crippen LogP contribution is -2.69. The fraction of sp³-hybridized carbons (Fsp3) is 1.00. The molecule has 0 heteroatoms. The van der Waals surface area contributed by atoms with E-state index >= 15 is 0 Å². The molecule has 0 aliphatic rings. The van der Waals surface area contributed by atoms with Gasteiger partial charge in [0.25, 0.3) is 0 Å². The van der Waals surface area contributed by atoms with Gasteiger partial charge in [0, 0.05) is 0 Å². The summed E-state index contributed by atoms with van der Waals surface area (Å²) >= 11 is 0. The summed E-state index contributed by atoms with van der Waals surface area (Å²) in [5, 5.41) is 0. The van der Waals surface area contributed by atoms with Crippen LogP contribution in [0.5, 0.6) is 0 Å². The largest absolute Gasteiger partial charge is 0.0596 e. The van der Waals surface area contributed by atoms with Crippen molar-refractivity contribution in [2.75, 3.05) is 0 Å². The average Bonchev–Trinajstić information content (AvgIpc) is 3.08. The Balaban J connectivity index is 8.09. The standard InChI is InChI=1S/C68H138/c1-47(2,3)49(7,8)51(11,12)53(15,16)55(19,20)57(23,24)59(27,28)61(31,32)63(35,36)65(39,40)67(43,44)68(45,46)66(41,42)64(37,38)62(33,34)60(29,30)58(25,26)56(21,22)54(17,18)52(13,14)50(9,10)48(4,5)6/h1-46H3. The zero-order valence-electron chi connectivity index (χ0n) is 57.0. The first-order valence-electron chi connectivity index (χ1n) is 28.2.